The van der Waals surface area contributed by atoms with Crippen molar-refractivity contribution in [3.63, 3.8) is 0 Å². The van der Waals surface area contributed by atoms with Gasteiger partial charge in [0.25, 0.3) is 0 Å². The third-order valence-electron chi connectivity index (χ3n) is 3.57. The lowest BCUT2D eigenvalue weighted by Gasteiger charge is -2.28. The van der Waals surface area contributed by atoms with Crippen LogP contribution in [0.2, 0.25) is 0 Å². The van der Waals surface area contributed by atoms with E-state index in [9.17, 15) is 4.79 Å². The molecule has 0 bridgehead atoms. The van der Waals surface area contributed by atoms with Crippen molar-refractivity contribution in [2.75, 3.05) is 25.5 Å². The van der Waals surface area contributed by atoms with E-state index in [2.05, 4.69) is 9.88 Å². The molecule has 2 N–H and O–H groups in total. The lowest BCUT2D eigenvalue weighted by Crippen LogP contribution is -2.43. The number of nitrogens with two attached hydrogens (primary N) is 1. The molecule has 1 aromatic rings. The van der Waals surface area contributed by atoms with E-state index >= 15 is 0 Å². The van der Waals surface area contributed by atoms with E-state index in [1.165, 1.54) is 0 Å². The predicted molar refractivity (Wildman–Crippen MR) is 75.9 cm³/mol. The third kappa shape index (κ3) is 2.71. The molecule has 0 spiro atoms. The highest BCUT2D eigenvalue weighted by Gasteiger charge is 2.33. The molecule has 5 nitrogen and oxygen atoms in total. The molecule has 0 aromatic carbocycles. The van der Waals surface area contributed by atoms with Crippen LogP contribution in [-0.4, -0.2) is 42.5 Å². The van der Waals surface area contributed by atoms with Gasteiger partial charge in [-0.25, -0.2) is 4.98 Å². The Morgan fingerprint density at radius 2 is 2.26 bits per heavy atom. The molecule has 1 atom stereocenters. The smallest absolute Gasteiger partial charge is 0.244 e. The number of aryl methyl sites for hydroxylation is 1. The molecule has 1 aromatic heterocycles. The maximum absolute atomic E-state index is 12.2. The summed E-state index contributed by atoms with van der Waals surface area (Å²) in [5.74, 6) is 1.02. The molecular formula is C14H22N4O. The molecule has 19 heavy (non-hydrogen) atoms. The molecule has 0 aliphatic carbocycles. The second-order valence-electron chi connectivity index (χ2n) is 5.22. The van der Waals surface area contributed by atoms with Gasteiger partial charge in [0.1, 0.15) is 11.9 Å². The van der Waals surface area contributed by atoms with Crippen molar-refractivity contribution in [1.29, 1.82) is 0 Å². The Morgan fingerprint density at radius 1 is 1.53 bits per heavy atom. The van der Waals surface area contributed by atoms with E-state index < -0.39 is 0 Å². The summed E-state index contributed by atoms with van der Waals surface area (Å²) in [4.78, 5) is 20.6. The van der Waals surface area contributed by atoms with Crippen molar-refractivity contribution in [1.82, 2.24) is 9.88 Å². The van der Waals surface area contributed by atoms with Gasteiger partial charge in [0.15, 0.2) is 0 Å². The molecule has 2 heterocycles. The van der Waals surface area contributed by atoms with E-state index in [4.69, 9.17) is 5.73 Å². The molecule has 5 heteroatoms. The van der Waals surface area contributed by atoms with Crippen molar-refractivity contribution in [2.24, 2.45) is 5.73 Å². The van der Waals surface area contributed by atoms with Gasteiger partial charge < -0.3 is 15.5 Å². The number of carbonyl (C=O) groups excluding carboxylic acids is 1. The van der Waals surface area contributed by atoms with Gasteiger partial charge in [-0.15, -0.1) is 0 Å². The minimum absolute atomic E-state index is 0.102. The fraction of sp³-hybridized carbons (Fsp3) is 0.571. The minimum atomic E-state index is -0.102. The van der Waals surface area contributed by atoms with Gasteiger partial charge >= 0.3 is 0 Å². The zero-order chi connectivity index (χ0) is 14.0. The number of pyridine rings is 1. The highest BCUT2D eigenvalue weighted by molar-refractivity contribution is 5.85. The number of hydrogen-bond acceptors (Lipinski definition) is 4. The zero-order valence-corrected chi connectivity index (χ0v) is 11.9. The Labute approximate surface area is 114 Å². The highest BCUT2D eigenvalue weighted by Crippen LogP contribution is 2.28. The van der Waals surface area contributed by atoms with Crippen molar-refractivity contribution in [3.8, 4) is 0 Å². The molecule has 0 saturated carbocycles. The zero-order valence-electron chi connectivity index (χ0n) is 11.9. The number of likely N-dealkylation sites (N-methyl/N-ethyl adjacent to an activating group) is 1. The van der Waals surface area contributed by atoms with Crippen LogP contribution in [-0.2, 0) is 11.3 Å². The van der Waals surface area contributed by atoms with Crippen LogP contribution in [0.15, 0.2) is 12.1 Å². The van der Waals surface area contributed by atoms with Gasteiger partial charge in [-0.3, -0.25) is 4.79 Å². The molecule has 0 radical (unpaired) electrons. The quantitative estimate of drug-likeness (QED) is 0.879. The van der Waals surface area contributed by atoms with Gasteiger partial charge in [0.05, 0.1) is 0 Å². The van der Waals surface area contributed by atoms with E-state index in [1.54, 1.807) is 19.0 Å². The fourth-order valence-electron chi connectivity index (χ4n) is 2.55. The van der Waals surface area contributed by atoms with E-state index in [1.807, 2.05) is 19.1 Å². The largest absolute Gasteiger partial charge is 0.347 e. The summed E-state index contributed by atoms with van der Waals surface area (Å²) in [6.07, 6.45) is 1.90. The Balaban J connectivity index is 2.34. The molecule has 104 valence electrons. The number of anilines is 1. The van der Waals surface area contributed by atoms with Crippen molar-refractivity contribution < 1.29 is 4.79 Å². The Morgan fingerprint density at radius 3 is 2.89 bits per heavy atom. The molecule has 1 saturated heterocycles. The predicted octanol–water partition coefficient (Wildman–Crippen LogP) is 0.906. The lowest BCUT2D eigenvalue weighted by atomic mass is 10.1. The summed E-state index contributed by atoms with van der Waals surface area (Å²) in [5.41, 5.74) is 7.75. The maximum atomic E-state index is 12.2. The monoisotopic (exact) mass is 262 g/mol. The first kappa shape index (κ1) is 13.8. The van der Waals surface area contributed by atoms with E-state index in [0.29, 0.717) is 6.54 Å². The van der Waals surface area contributed by atoms with Crippen LogP contribution in [0.4, 0.5) is 5.82 Å². The van der Waals surface area contributed by atoms with Gasteiger partial charge in [-0.1, -0.05) is 6.07 Å². The lowest BCUT2D eigenvalue weighted by molar-refractivity contribution is -0.129. The standard InChI is InChI=1S/C14H22N4O/c1-10-6-7-11(9-15)13(16-10)18-8-4-5-12(18)14(19)17(2)3/h6-7,12H,4-5,8-9,15H2,1-3H3. The third-order valence-corrected chi connectivity index (χ3v) is 3.57. The van der Waals surface area contributed by atoms with Crippen LogP contribution in [0, 0.1) is 6.92 Å². The number of nitrogens with zero attached hydrogens (tertiary/aromatic N) is 3. The number of rotatable bonds is 3. The number of amides is 1. The van der Waals surface area contributed by atoms with Crippen molar-refractivity contribution in [3.05, 3.63) is 23.4 Å². The molecule has 1 aliphatic heterocycles. The first-order valence-electron chi connectivity index (χ1n) is 6.69. The minimum Gasteiger partial charge on any atom is -0.347 e. The molecule has 1 unspecified atom stereocenters. The molecule has 2 rings (SSSR count). The Bertz CT molecular complexity index is 473. The van der Waals surface area contributed by atoms with Gasteiger partial charge in [0.2, 0.25) is 5.91 Å². The van der Waals surface area contributed by atoms with Crippen LogP contribution in [0.5, 0.6) is 0 Å². The average molecular weight is 262 g/mol. The first-order chi connectivity index (χ1) is 9.04. The molecular weight excluding hydrogens is 240 g/mol. The SMILES string of the molecule is Cc1ccc(CN)c(N2CCCC2C(=O)N(C)C)n1. The summed E-state index contributed by atoms with van der Waals surface area (Å²) in [7, 11) is 3.60. The first-order valence-corrected chi connectivity index (χ1v) is 6.69. The number of hydrogen-bond donors (Lipinski definition) is 1. The summed E-state index contributed by atoms with van der Waals surface area (Å²) >= 11 is 0. The van der Waals surface area contributed by atoms with Crippen LogP contribution in [0.1, 0.15) is 24.1 Å². The van der Waals surface area contributed by atoms with Gasteiger partial charge in [-0.05, 0) is 25.8 Å². The molecule has 1 aliphatic rings. The number of aromatic nitrogens is 1. The second kappa shape index (κ2) is 5.57. The normalized spacial score (nSPS) is 18.7. The van der Waals surface area contributed by atoms with Crippen LogP contribution < -0.4 is 10.6 Å². The van der Waals surface area contributed by atoms with Gasteiger partial charge in [-0.2, -0.15) is 0 Å². The van der Waals surface area contributed by atoms with Crippen LogP contribution >= 0.6 is 0 Å². The van der Waals surface area contributed by atoms with E-state index in [-0.39, 0.29) is 11.9 Å². The number of carbonyl (C=O) groups is 1. The summed E-state index contributed by atoms with van der Waals surface area (Å²) in [5, 5.41) is 0. The van der Waals surface area contributed by atoms with Crippen LogP contribution in [0.3, 0.4) is 0 Å². The Hall–Kier alpha value is -1.62. The molecule has 1 amide bonds. The highest BCUT2D eigenvalue weighted by atomic mass is 16.2. The summed E-state index contributed by atoms with van der Waals surface area (Å²) in [6.45, 7) is 3.28. The fourth-order valence-corrected chi connectivity index (χ4v) is 2.55. The second-order valence-corrected chi connectivity index (χ2v) is 5.22. The van der Waals surface area contributed by atoms with Crippen molar-refractivity contribution >= 4 is 11.7 Å². The maximum Gasteiger partial charge on any atom is 0.244 e. The van der Waals surface area contributed by atoms with E-state index in [0.717, 1.165) is 36.5 Å². The molecule has 1 fully saturated rings. The van der Waals surface area contributed by atoms with Gasteiger partial charge in [0, 0.05) is 38.4 Å². The van der Waals surface area contributed by atoms with Crippen molar-refractivity contribution in [2.45, 2.75) is 32.4 Å². The average Bonchev–Trinajstić information content (AvgIpc) is 2.86. The van der Waals surface area contributed by atoms with Crippen LogP contribution in [0.25, 0.3) is 0 Å². The summed E-state index contributed by atoms with van der Waals surface area (Å²) < 4.78 is 0. The topological polar surface area (TPSA) is 62.5 Å². The Kier molecular flexibility index (Phi) is 4.04. The summed E-state index contributed by atoms with van der Waals surface area (Å²) in [6, 6.07) is 3.87.